The lowest BCUT2D eigenvalue weighted by molar-refractivity contribution is 0.102. The summed E-state index contributed by atoms with van der Waals surface area (Å²) in [7, 11) is 1.58. The second-order valence-electron chi connectivity index (χ2n) is 8.42. The van der Waals surface area contributed by atoms with E-state index in [9.17, 15) is 14.7 Å². The third kappa shape index (κ3) is 4.23. The van der Waals surface area contributed by atoms with Gasteiger partial charge in [0.1, 0.15) is 5.75 Å². The second kappa shape index (κ2) is 9.72. The summed E-state index contributed by atoms with van der Waals surface area (Å²) in [5.74, 6) is 0.165. The first-order valence-corrected chi connectivity index (χ1v) is 12.0. The lowest BCUT2D eigenvalue weighted by Gasteiger charge is -2.26. The number of pyridine rings is 1. The summed E-state index contributed by atoms with van der Waals surface area (Å²) in [6.45, 7) is 1.07. The Balaban J connectivity index is 1.72. The monoisotopic (exact) mass is 524 g/mol. The van der Waals surface area contributed by atoms with Crippen molar-refractivity contribution >= 4 is 51.8 Å². The maximum atomic E-state index is 13.6. The lowest BCUT2D eigenvalue weighted by atomic mass is 10.00. The van der Waals surface area contributed by atoms with Gasteiger partial charge in [0.2, 0.25) is 0 Å². The van der Waals surface area contributed by atoms with Crippen molar-refractivity contribution in [3.63, 3.8) is 0 Å². The van der Waals surface area contributed by atoms with Gasteiger partial charge in [-0.1, -0.05) is 53.5 Å². The Bertz CT molecular complexity index is 1470. The van der Waals surface area contributed by atoms with Crippen molar-refractivity contribution in [1.29, 1.82) is 0 Å². The van der Waals surface area contributed by atoms with Crippen LogP contribution in [-0.4, -0.2) is 45.2 Å². The van der Waals surface area contributed by atoms with Crippen molar-refractivity contribution in [3.8, 4) is 5.75 Å². The van der Waals surface area contributed by atoms with Crippen LogP contribution in [0.1, 0.15) is 27.2 Å². The van der Waals surface area contributed by atoms with Crippen LogP contribution in [-0.2, 0) is 19.5 Å². The highest BCUT2D eigenvalue weighted by atomic mass is 35.5. The third-order valence-corrected chi connectivity index (χ3v) is 6.94. The van der Waals surface area contributed by atoms with E-state index in [2.05, 4.69) is 14.9 Å². The van der Waals surface area contributed by atoms with E-state index in [1.54, 1.807) is 19.2 Å². The number of fused-ring (bicyclic) bond motifs is 3. The minimum Gasteiger partial charge on any atom is -0.495 e. The maximum absolute atomic E-state index is 13.6. The zero-order valence-electron chi connectivity index (χ0n) is 19.3. The van der Waals surface area contributed by atoms with Crippen LogP contribution in [0.2, 0.25) is 10.0 Å². The molecule has 3 heterocycles. The standard InChI is InChI=1S/C26H22Cl2N4O4/c1-36-21-8-7-16(25(33)30-23-18(27)11-29-12-19(23)28)22-17-14-31(26(34)35)10-9-20(17)32(24(21)22)13-15-5-3-2-4-6-15/h2-8,11-12H,9-10,13-14H2,1H3,(H,34,35)(H,29,30,33). The molecule has 0 bridgehead atoms. The first-order valence-electron chi connectivity index (χ1n) is 11.2. The molecule has 8 nitrogen and oxygen atoms in total. The predicted octanol–water partition coefficient (Wildman–Crippen LogP) is 5.69. The molecule has 1 aliphatic heterocycles. The molecule has 2 aromatic heterocycles. The van der Waals surface area contributed by atoms with Crippen LogP contribution in [0.5, 0.6) is 5.75 Å². The topological polar surface area (TPSA) is 96.7 Å². The van der Waals surface area contributed by atoms with Gasteiger partial charge in [-0.2, -0.15) is 0 Å². The van der Waals surface area contributed by atoms with E-state index in [0.29, 0.717) is 36.2 Å². The van der Waals surface area contributed by atoms with E-state index < -0.39 is 12.0 Å². The molecule has 36 heavy (non-hydrogen) atoms. The molecule has 0 spiro atoms. The van der Waals surface area contributed by atoms with Gasteiger partial charge in [-0.3, -0.25) is 9.78 Å². The summed E-state index contributed by atoms with van der Waals surface area (Å²) in [4.78, 5) is 30.7. The van der Waals surface area contributed by atoms with Gasteiger partial charge in [0.25, 0.3) is 5.91 Å². The van der Waals surface area contributed by atoms with Gasteiger partial charge in [-0.15, -0.1) is 0 Å². The van der Waals surface area contributed by atoms with Crippen molar-refractivity contribution in [2.75, 3.05) is 19.0 Å². The molecule has 2 N–H and O–H groups in total. The fraction of sp³-hybridized carbons (Fsp3) is 0.192. The number of rotatable bonds is 5. The van der Waals surface area contributed by atoms with Crippen molar-refractivity contribution in [2.45, 2.75) is 19.5 Å². The first kappa shape index (κ1) is 24.0. The first-order chi connectivity index (χ1) is 17.4. The number of methoxy groups -OCH3 is 1. The Hall–Kier alpha value is -3.75. The summed E-state index contributed by atoms with van der Waals surface area (Å²) >= 11 is 12.5. The van der Waals surface area contributed by atoms with Gasteiger partial charge in [-0.25, -0.2) is 4.79 Å². The lowest BCUT2D eigenvalue weighted by Crippen LogP contribution is -2.35. The normalized spacial score (nSPS) is 12.9. The van der Waals surface area contributed by atoms with E-state index in [1.165, 1.54) is 17.3 Å². The van der Waals surface area contributed by atoms with E-state index in [-0.39, 0.29) is 22.3 Å². The molecule has 2 amide bonds. The molecule has 2 aromatic carbocycles. The number of amides is 2. The number of anilines is 1. The van der Waals surface area contributed by atoms with Gasteiger partial charge in [0, 0.05) is 54.1 Å². The van der Waals surface area contributed by atoms with Crippen LogP contribution in [0.4, 0.5) is 10.5 Å². The number of nitrogens with zero attached hydrogens (tertiary/aromatic N) is 3. The molecule has 0 aliphatic carbocycles. The third-order valence-electron chi connectivity index (χ3n) is 6.36. The van der Waals surface area contributed by atoms with Gasteiger partial charge in [0.05, 0.1) is 34.9 Å². The number of carbonyl (C=O) groups is 2. The van der Waals surface area contributed by atoms with Crippen LogP contribution >= 0.6 is 23.2 Å². The largest absolute Gasteiger partial charge is 0.495 e. The number of benzene rings is 2. The molecule has 1 aliphatic rings. The summed E-state index contributed by atoms with van der Waals surface area (Å²) in [6.07, 6.45) is 2.30. The van der Waals surface area contributed by atoms with Gasteiger partial charge < -0.3 is 24.6 Å². The molecule has 10 heteroatoms. The smallest absolute Gasteiger partial charge is 0.407 e. The van der Waals surface area contributed by atoms with Gasteiger partial charge >= 0.3 is 6.09 Å². The summed E-state index contributed by atoms with van der Waals surface area (Å²) < 4.78 is 7.84. The molecule has 0 fully saturated rings. The summed E-state index contributed by atoms with van der Waals surface area (Å²) in [5.41, 5.74) is 4.19. The summed E-state index contributed by atoms with van der Waals surface area (Å²) in [5, 5.41) is 13.6. The summed E-state index contributed by atoms with van der Waals surface area (Å²) in [6, 6.07) is 13.4. The molecule has 0 saturated carbocycles. The highest BCUT2D eigenvalue weighted by molar-refractivity contribution is 6.40. The number of ether oxygens (including phenoxy) is 1. The molecule has 5 rings (SSSR count). The highest BCUT2D eigenvalue weighted by Gasteiger charge is 2.31. The van der Waals surface area contributed by atoms with Crippen molar-refractivity contribution in [1.82, 2.24) is 14.5 Å². The maximum Gasteiger partial charge on any atom is 0.407 e. The van der Waals surface area contributed by atoms with E-state index >= 15 is 0 Å². The average molecular weight is 525 g/mol. The fourth-order valence-electron chi connectivity index (χ4n) is 4.72. The molecule has 184 valence electrons. The average Bonchev–Trinajstić information content (AvgIpc) is 3.20. The number of carboxylic acid groups (broad SMARTS) is 1. The SMILES string of the molecule is COc1ccc(C(=O)Nc2c(Cl)cncc2Cl)c2c3c(n(Cc4ccccc4)c12)CCN(C(=O)O)C3. The number of hydrogen-bond donors (Lipinski definition) is 2. The molecule has 4 aromatic rings. The molecule has 0 saturated heterocycles. The zero-order chi connectivity index (χ0) is 25.4. The van der Waals surface area contributed by atoms with Gasteiger partial charge in [-0.05, 0) is 17.7 Å². The Morgan fingerprint density at radius 2 is 1.83 bits per heavy atom. The Morgan fingerprint density at radius 1 is 1.11 bits per heavy atom. The van der Waals surface area contributed by atoms with Crippen LogP contribution < -0.4 is 10.1 Å². The number of aromatic nitrogens is 2. The molecule has 0 unspecified atom stereocenters. The number of hydrogen-bond acceptors (Lipinski definition) is 4. The molecule has 0 atom stereocenters. The van der Waals surface area contributed by atoms with Crippen molar-refractivity contribution < 1.29 is 19.4 Å². The van der Waals surface area contributed by atoms with Crippen molar-refractivity contribution in [2.24, 2.45) is 0 Å². The van der Waals surface area contributed by atoms with Crippen LogP contribution in [0.25, 0.3) is 10.9 Å². The predicted molar refractivity (Wildman–Crippen MR) is 138 cm³/mol. The van der Waals surface area contributed by atoms with Crippen LogP contribution in [0.3, 0.4) is 0 Å². The number of nitrogens with one attached hydrogen (secondary N) is 1. The minimum absolute atomic E-state index is 0.160. The quantitative estimate of drug-likeness (QED) is 0.349. The van der Waals surface area contributed by atoms with E-state index in [4.69, 9.17) is 27.9 Å². The molecular weight excluding hydrogens is 503 g/mol. The number of carbonyl (C=O) groups excluding carboxylic acids is 1. The minimum atomic E-state index is -1.01. The molecular formula is C26H22Cl2N4O4. The Morgan fingerprint density at radius 3 is 2.50 bits per heavy atom. The Kier molecular flexibility index (Phi) is 6.47. The van der Waals surface area contributed by atoms with Crippen LogP contribution in [0, 0.1) is 0 Å². The molecule has 0 radical (unpaired) electrons. The highest BCUT2D eigenvalue weighted by Crippen LogP contribution is 2.39. The zero-order valence-corrected chi connectivity index (χ0v) is 20.8. The number of halogens is 2. The van der Waals surface area contributed by atoms with Crippen molar-refractivity contribution in [3.05, 3.63) is 87.3 Å². The van der Waals surface area contributed by atoms with E-state index in [1.807, 2.05) is 30.3 Å². The second-order valence-corrected chi connectivity index (χ2v) is 9.24. The van der Waals surface area contributed by atoms with Crippen LogP contribution in [0.15, 0.2) is 54.9 Å². The van der Waals surface area contributed by atoms with Gasteiger partial charge in [0.15, 0.2) is 0 Å². The van der Waals surface area contributed by atoms with E-state index in [0.717, 1.165) is 22.3 Å². The fourth-order valence-corrected chi connectivity index (χ4v) is 5.18. The Labute approximate surface area is 217 Å².